The molecule has 2 aromatic rings. The number of hydrogen-bond donors (Lipinski definition) is 0. The monoisotopic (exact) mass is 316 g/mol. The van der Waals surface area contributed by atoms with Crippen LogP contribution in [-0.2, 0) is 0 Å². The molecule has 0 amide bonds. The zero-order valence-corrected chi connectivity index (χ0v) is 14.4. The van der Waals surface area contributed by atoms with E-state index in [1.807, 2.05) is 18.2 Å². The second-order valence-corrected chi connectivity index (χ2v) is 5.91. The molecule has 2 nitrogen and oxygen atoms in total. The fourth-order valence-corrected chi connectivity index (χ4v) is 2.79. The first kappa shape index (κ1) is 16.0. The minimum absolute atomic E-state index is 0.870. The van der Waals surface area contributed by atoms with Gasteiger partial charge in [-0.25, -0.2) is 4.58 Å². The minimum atomic E-state index is 0.870. The minimum Gasteiger partial charge on any atom is -0.497 e. The molecule has 2 aromatic carbocycles. The first-order valence-electron chi connectivity index (χ1n) is 8.03. The summed E-state index contributed by atoms with van der Waals surface area (Å²) in [5.74, 6) is 0.870. The first-order valence-corrected chi connectivity index (χ1v) is 8.03. The van der Waals surface area contributed by atoms with E-state index in [1.165, 1.54) is 28.0 Å². The Kier molecular flexibility index (Phi) is 4.76. The molecule has 0 unspecified atom stereocenters. The second kappa shape index (κ2) is 7.14. The van der Waals surface area contributed by atoms with Gasteiger partial charge in [-0.05, 0) is 46.6 Å². The van der Waals surface area contributed by atoms with Gasteiger partial charge in [-0.1, -0.05) is 42.5 Å². The molecule has 1 aliphatic carbocycles. The first-order chi connectivity index (χ1) is 11.7. The number of nitrogens with zero attached hydrogens (tertiary/aromatic N) is 1. The molecule has 120 valence electrons. The molecule has 24 heavy (non-hydrogen) atoms. The molecule has 0 bridgehead atoms. The molecule has 0 atom stereocenters. The van der Waals surface area contributed by atoms with E-state index >= 15 is 0 Å². The van der Waals surface area contributed by atoms with Crippen LogP contribution in [0, 0.1) is 0 Å². The molecule has 0 heterocycles. The molecular formula is C22H22NO+. The normalized spacial score (nSPS) is 13.1. The van der Waals surface area contributed by atoms with Crippen molar-refractivity contribution in [3.05, 3.63) is 95.6 Å². The maximum atomic E-state index is 5.29. The van der Waals surface area contributed by atoms with Crippen LogP contribution in [0.3, 0.4) is 0 Å². The van der Waals surface area contributed by atoms with Crippen molar-refractivity contribution in [3.8, 4) is 5.75 Å². The SMILES string of the molecule is COc1ccc(C(=C2C=CC(=[N+](C)C)C=C2)c2ccccc2)cc1. The average Bonchev–Trinajstić information content (AvgIpc) is 2.64. The Morgan fingerprint density at radius 2 is 1.33 bits per heavy atom. The van der Waals surface area contributed by atoms with Crippen LogP contribution in [0.4, 0.5) is 0 Å². The van der Waals surface area contributed by atoms with Crippen molar-refractivity contribution in [3.63, 3.8) is 0 Å². The molecule has 0 aromatic heterocycles. The van der Waals surface area contributed by atoms with E-state index in [9.17, 15) is 0 Å². The van der Waals surface area contributed by atoms with Gasteiger partial charge in [0.05, 0.1) is 7.11 Å². The summed E-state index contributed by atoms with van der Waals surface area (Å²) < 4.78 is 7.40. The molecule has 1 aliphatic rings. The Bertz CT molecular complexity index is 815. The van der Waals surface area contributed by atoms with E-state index in [1.54, 1.807) is 7.11 Å². The fourth-order valence-electron chi connectivity index (χ4n) is 2.79. The van der Waals surface area contributed by atoms with E-state index in [4.69, 9.17) is 4.74 Å². The lowest BCUT2D eigenvalue weighted by Crippen LogP contribution is -2.10. The van der Waals surface area contributed by atoms with Crippen LogP contribution >= 0.6 is 0 Å². The van der Waals surface area contributed by atoms with Gasteiger partial charge in [-0.3, -0.25) is 0 Å². The van der Waals surface area contributed by atoms with Crippen LogP contribution in [0.5, 0.6) is 5.75 Å². The van der Waals surface area contributed by atoms with Crippen LogP contribution in [0.2, 0.25) is 0 Å². The summed E-state index contributed by atoms with van der Waals surface area (Å²) in [7, 11) is 5.80. The summed E-state index contributed by atoms with van der Waals surface area (Å²) in [6.45, 7) is 0. The maximum absolute atomic E-state index is 5.29. The number of rotatable bonds is 3. The van der Waals surface area contributed by atoms with Crippen molar-refractivity contribution in [2.24, 2.45) is 0 Å². The summed E-state index contributed by atoms with van der Waals surface area (Å²) in [6.07, 6.45) is 8.67. The predicted octanol–water partition coefficient (Wildman–Crippen LogP) is 4.34. The van der Waals surface area contributed by atoms with Gasteiger partial charge >= 0.3 is 0 Å². The van der Waals surface area contributed by atoms with Gasteiger partial charge < -0.3 is 4.74 Å². The number of hydrogen-bond acceptors (Lipinski definition) is 1. The molecule has 2 heteroatoms. The molecule has 0 radical (unpaired) electrons. The van der Waals surface area contributed by atoms with Crippen molar-refractivity contribution >= 4 is 11.3 Å². The lowest BCUT2D eigenvalue weighted by atomic mass is 9.91. The van der Waals surface area contributed by atoms with E-state index < -0.39 is 0 Å². The summed E-state index contributed by atoms with van der Waals surface area (Å²) in [5.41, 5.74) is 6.02. The lowest BCUT2D eigenvalue weighted by Gasteiger charge is -2.14. The third-order valence-electron chi connectivity index (χ3n) is 4.11. The van der Waals surface area contributed by atoms with E-state index in [2.05, 4.69) is 79.4 Å². The summed E-state index contributed by atoms with van der Waals surface area (Å²) in [6, 6.07) is 18.7. The van der Waals surface area contributed by atoms with Crippen LogP contribution in [0.1, 0.15) is 11.1 Å². The third kappa shape index (κ3) is 3.38. The van der Waals surface area contributed by atoms with E-state index in [-0.39, 0.29) is 0 Å². The highest BCUT2D eigenvalue weighted by molar-refractivity contribution is 6.03. The van der Waals surface area contributed by atoms with Gasteiger partial charge in [0, 0.05) is 12.2 Å². The maximum Gasteiger partial charge on any atom is 0.199 e. The lowest BCUT2D eigenvalue weighted by molar-refractivity contribution is -0.462. The molecular weight excluding hydrogens is 294 g/mol. The molecule has 0 saturated carbocycles. The predicted molar refractivity (Wildman–Crippen MR) is 101 cm³/mol. The highest BCUT2D eigenvalue weighted by atomic mass is 16.5. The van der Waals surface area contributed by atoms with Gasteiger partial charge in [0.15, 0.2) is 5.71 Å². The topological polar surface area (TPSA) is 12.2 Å². The second-order valence-electron chi connectivity index (χ2n) is 5.91. The zero-order chi connectivity index (χ0) is 16.9. The smallest absolute Gasteiger partial charge is 0.199 e. The molecule has 0 spiro atoms. The highest BCUT2D eigenvalue weighted by Gasteiger charge is 2.12. The quantitative estimate of drug-likeness (QED) is 0.767. The molecule has 0 fully saturated rings. The highest BCUT2D eigenvalue weighted by Crippen LogP contribution is 2.30. The van der Waals surface area contributed by atoms with Crippen LogP contribution in [0.25, 0.3) is 5.57 Å². The number of benzene rings is 2. The summed E-state index contributed by atoms with van der Waals surface area (Å²) in [4.78, 5) is 0. The van der Waals surface area contributed by atoms with Crippen LogP contribution < -0.4 is 4.74 Å². The standard InChI is InChI=1S/C22H22NO/c1-23(2)20-13-9-18(10-14-20)22(17-7-5-4-6-8-17)19-11-15-21(24-3)16-12-19/h4-16H,1-3H3/q+1. The molecule has 3 rings (SSSR count). The van der Waals surface area contributed by atoms with Gasteiger partial charge in [-0.15, -0.1) is 0 Å². The largest absolute Gasteiger partial charge is 0.497 e. The van der Waals surface area contributed by atoms with E-state index in [0.717, 1.165) is 5.75 Å². The van der Waals surface area contributed by atoms with Crippen LogP contribution in [0.15, 0.2) is 84.5 Å². The van der Waals surface area contributed by atoms with Gasteiger partial charge in [0.25, 0.3) is 0 Å². The number of allylic oxidation sites excluding steroid dienone is 5. The van der Waals surface area contributed by atoms with Gasteiger partial charge in [0.1, 0.15) is 19.8 Å². The molecule has 0 saturated heterocycles. The van der Waals surface area contributed by atoms with Crippen molar-refractivity contribution in [2.75, 3.05) is 21.2 Å². The summed E-state index contributed by atoms with van der Waals surface area (Å²) >= 11 is 0. The number of methoxy groups -OCH3 is 1. The Morgan fingerprint density at radius 3 is 1.88 bits per heavy atom. The van der Waals surface area contributed by atoms with Crippen molar-refractivity contribution < 1.29 is 9.31 Å². The number of ether oxygens (including phenoxy) is 1. The average molecular weight is 316 g/mol. The zero-order valence-electron chi connectivity index (χ0n) is 14.4. The van der Waals surface area contributed by atoms with E-state index in [0.29, 0.717) is 0 Å². The fraction of sp³-hybridized carbons (Fsp3) is 0.136. The third-order valence-corrected chi connectivity index (χ3v) is 4.11. The molecule has 0 N–H and O–H groups in total. The van der Waals surface area contributed by atoms with Crippen molar-refractivity contribution in [1.82, 2.24) is 0 Å². The van der Waals surface area contributed by atoms with Crippen LogP contribution in [-0.4, -0.2) is 31.5 Å². The Labute approximate surface area is 143 Å². The Hall–Kier alpha value is -2.87. The Morgan fingerprint density at radius 1 is 0.750 bits per heavy atom. The van der Waals surface area contributed by atoms with Crippen molar-refractivity contribution in [2.45, 2.75) is 0 Å². The van der Waals surface area contributed by atoms with Gasteiger partial charge in [0.2, 0.25) is 0 Å². The van der Waals surface area contributed by atoms with Gasteiger partial charge in [-0.2, -0.15) is 0 Å². The Balaban J connectivity index is 2.13. The molecule has 0 aliphatic heterocycles. The van der Waals surface area contributed by atoms with Crippen molar-refractivity contribution in [1.29, 1.82) is 0 Å². The summed E-state index contributed by atoms with van der Waals surface area (Å²) in [5, 5.41) is 0.